The topological polar surface area (TPSA) is 69.2 Å². The molecule has 1 aromatic heterocycles. The van der Waals surface area contributed by atoms with Gasteiger partial charge in [0.15, 0.2) is 0 Å². The molecule has 0 fully saturated rings. The normalized spacial score (nSPS) is 15.2. The third-order valence-electron chi connectivity index (χ3n) is 5.92. The Labute approximate surface area is 191 Å². The number of aryl methyl sites for hydroxylation is 1. The lowest BCUT2D eigenvalue weighted by atomic mass is 9.95. The van der Waals surface area contributed by atoms with Gasteiger partial charge in [0.25, 0.3) is 5.91 Å². The molecule has 1 atom stereocenters. The molecule has 2 heterocycles. The van der Waals surface area contributed by atoms with Crippen LogP contribution in [-0.2, 0) is 6.42 Å². The number of phenolic OH excluding ortho intramolecular Hbond substituents is 1. The van der Waals surface area contributed by atoms with Crippen LogP contribution in [0.4, 0.5) is 0 Å². The maximum absolute atomic E-state index is 13.4. The number of rotatable bonds is 5. The summed E-state index contributed by atoms with van der Waals surface area (Å²) in [4.78, 5) is 15.3. The highest BCUT2D eigenvalue weighted by Crippen LogP contribution is 2.44. The molecule has 0 spiro atoms. The summed E-state index contributed by atoms with van der Waals surface area (Å²) in [6, 6.07) is 22.8. The molecule has 0 bridgehead atoms. The first kappa shape index (κ1) is 20.3. The summed E-state index contributed by atoms with van der Waals surface area (Å²) in [5, 5.41) is 18.6. The third-order valence-corrected chi connectivity index (χ3v) is 6.16. The van der Waals surface area contributed by atoms with Gasteiger partial charge in [-0.05, 0) is 54.3 Å². The molecule has 0 saturated carbocycles. The number of carbonyl (C=O) groups is 1. The molecular formula is C26H22ClN3O2. The third kappa shape index (κ3) is 3.55. The van der Waals surface area contributed by atoms with E-state index in [4.69, 9.17) is 11.6 Å². The lowest BCUT2D eigenvalue weighted by molar-refractivity contribution is 0.0746. The highest BCUT2D eigenvalue weighted by molar-refractivity contribution is 6.30. The predicted octanol–water partition coefficient (Wildman–Crippen LogP) is 5.53. The number of aromatic hydroxyl groups is 1. The van der Waals surface area contributed by atoms with E-state index in [0.29, 0.717) is 28.5 Å². The van der Waals surface area contributed by atoms with E-state index in [0.717, 1.165) is 28.7 Å². The van der Waals surface area contributed by atoms with E-state index in [1.807, 2.05) is 66.4 Å². The molecule has 0 aliphatic carbocycles. The van der Waals surface area contributed by atoms with Crippen molar-refractivity contribution in [3.05, 3.63) is 106 Å². The van der Waals surface area contributed by atoms with Crippen LogP contribution in [0.2, 0.25) is 5.02 Å². The lowest BCUT2D eigenvalue weighted by Gasteiger charge is -2.26. The predicted molar refractivity (Wildman–Crippen MR) is 125 cm³/mol. The molecule has 1 aliphatic rings. The van der Waals surface area contributed by atoms with Gasteiger partial charge in [0.05, 0.1) is 6.04 Å². The number of halogens is 1. The number of hydrogen-bond donors (Lipinski definition) is 2. The molecule has 4 aromatic rings. The number of nitrogens with one attached hydrogen (secondary N) is 1. The molecule has 3 aromatic carbocycles. The van der Waals surface area contributed by atoms with E-state index < -0.39 is 0 Å². The molecule has 2 N–H and O–H groups in total. The minimum Gasteiger partial charge on any atom is -0.507 e. The minimum absolute atomic E-state index is 0.105. The van der Waals surface area contributed by atoms with Crippen molar-refractivity contribution in [2.24, 2.45) is 0 Å². The average Bonchev–Trinajstić information content (AvgIpc) is 3.32. The molecule has 5 nitrogen and oxygen atoms in total. The van der Waals surface area contributed by atoms with Crippen LogP contribution in [0.3, 0.4) is 0 Å². The summed E-state index contributed by atoms with van der Waals surface area (Å²) in [6.07, 6.45) is 0.729. The Morgan fingerprint density at radius 2 is 1.88 bits per heavy atom. The van der Waals surface area contributed by atoms with Gasteiger partial charge >= 0.3 is 0 Å². The summed E-state index contributed by atoms with van der Waals surface area (Å²) in [7, 11) is 0. The van der Waals surface area contributed by atoms with Crippen LogP contribution in [0.15, 0.2) is 72.8 Å². The van der Waals surface area contributed by atoms with E-state index >= 15 is 0 Å². The number of hydrogen-bond acceptors (Lipinski definition) is 3. The number of fused-ring (bicyclic) bond motifs is 1. The Kier molecular flexibility index (Phi) is 5.19. The number of phenols is 1. The zero-order chi connectivity index (χ0) is 22.2. The Bertz CT molecular complexity index is 1300. The van der Waals surface area contributed by atoms with Gasteiger partial charge < -0.3 is 10.0 Å². The van der Waals surface area contributed by atoms with Gasteiger partial charge in [-0.1, -0.05) is 60.1 Å². The van der Waals surface area contributed by atoms with E-state index in [-0.39, 0.29) is 17.7 Å². The number of amides is 1. The van der Waals surface area contributed by atoms with Crippen molar-refractivity contribution in [1.29, 1.82) is 0 Å². The summed E-state index contributed by atoms with van der Waals surface area (Å²) in [5.74, 6) is 0.0330. The number of H-pyrrole nitrogens is 1. The Hall–Kier alpha value is -3.57. The molecule has 0 saturated heterocycles. The van der Waals surface area contributed by atoms with Crippen LogP contribution < -0.4 is 0 Å². The number of nitrogens with zero attached hydrogens (tertiary/aromatic N) is 2. The van der Waals surface area contributed by atoms with Crippen molar-refractivity contribution in [2.75, 3.05) is 6.54 Å². The fourth-order valence-corrected chi connectivity index (χ4v) is 4.59. The fraction of sp³-hybridized carbons (Fsp3) is 0.154. The van der Waals surface area contributed by atoms with Gasteiger partial charge in [0.2, 0.25) is 0 Å². The van der Waals surface area contributed by atoms with Crippen LogP contribution in [0.5, 0.6) is 5.75 Å². The lowest BCUT2D eigenvalue weighted by Crippen LogP contribution is -2.31. The van der Waals surface area contributed by atoms with E-state index in [1.54, 1.807) is 6.07 Å². The first-order valence-corrected chi connectivity index (χ1v) is 10.9. The highest BCUT2D eigenvalue weighted by Gasteiger charge is 2.42. The maximum atomic E-state index is 13.4. The summed E-state index contributed by atoms with van der Waals surface area (Å²) in [6.45, 7) is 2.46. The molecule has 32 heavy (non-hydrogen) atoms. The largest absolute Gasteiger partial charge is 0.507 e. The average molecular weight is 444 g/mol. The Balaban J connectivity index is 1.61. The standard InChI is InChI=1S/C26H22ClN3O2/c1-16-10-11-20(21(31)14-16)23-22-24(29-28-23)26(32)30(13-12-17-6-3-2-4-7-17)25(22)18-8-5-9-19(27)15-18/h2-11,14-15,25,31H,12-13H2,1H3,(H,28,29)/t25-/m1/s1. The van der Waals surface area contributed by atoms with Crippen molar-refractivity contribution in [2.45, 2.75) is 19.4 Å². The fourth-order valence-electron chi connectivity index (χ4n) is 4.39. The summed E-state index contributed by atoms with van der Waals surface area (Å²) >= 11 is 6.31. The molecule has 0 unspecified atom stereocenters. The van der Waals surface area contributed by atoms with Gasteiger partial charge in [0, 0.05) is 22.7 Å². The summed E-state index contributed by atoms with van der Waals surface area (Å²) in [5.41, 5.74) is 5.42. The van der Waals surface area contributed by atoms with Gasteiger partial charge in [0.1, 0.15) is 17.1 Å². The van der Waals surface area contributed by atoms with Crippen molar-refractivity contribution in [1.82, 2.24) is 15.1 Å². The monoisotopic (exact) mass is 443 g/mol. The molecule has 1 amide bonds. The van der Waals surface area contributed by atoms with Gasteiger partial charge in [-0.3, -0.25) is 9.89 Å². The Morgan fingerprint density at radius 1 is 1.06 bits per heavy atom. The zero-order valence-electron chi connectivity index (χ0n) is 17.5. The smallest absolute Gasteiger partial charge is 0.273 e. The van der Waals surface area contributed by atoms with Crippen LogP contribution in [0.25, 0.3) is 11.3 Å². The van der Waals surface area contributed by atoms with Gasteiger partial charge in [-0.15, -0.1) is 0 Å². The first-order valence-electron chi connectivity index (χ1n) is 10.5. The second-order valence-corrected chi connectivity index (χ2v) is 8.51. The second kappa shape index (κ2) is 8.17. The molecule has 0 radical (unpaired) electrons. The number of aromatic nitrogens is 2. The first-order chi connectivity index (χ1) is 15.5. The summed E-state index contributed by atoms with van der Waals surface area (Å²) < 4.78 is 0. The molecule has 1 aliphatic heterocycles. The van der Waals surface area contributed by atoms with Crippen molar-refractivity contribution >= 4 is 17.5 Å². The Morgan fingerprint density at radius 3 is 2.62 bits per heavy atom. The maximum Gasteiger partial charge on any atom is 0.273 e. The van der Waals surface area contributed by atoms with Crippen molar-refractivity contribution < 1.29 is 9.90 Å². The quantitative estimate of drug-likeness (QED) is 0.426. The van der Waals surface area contributed by atoms with Crippen molar-refractivity contribution in [3.8, 4) is 17.0 Å². The minimum atomic E-state index is -0.352. The highest BCUT2D eigenvalue weighted by atomic mass is 35.5. The number of aromatic amines is 1. The van der Waals surface area contributed by atoms with E-state index in [1.165, 1.54) is 0 Å². The van der Waals surface area contributed by atoms with E-state index in [2.05, 4.69) is 22.3 Å². The molecule has 160 valence electrons. The van der Waals surface area contributed by atoms with Crippen LogP contribution in [0.1, 0.15) is 38.8 Å². The van der Waals surface area contributed by atoms with Crippen LogP contribution >= 0.6 is 11.6 Å². The zero-order valence-corrected chi connectivity index (χ0v) is 18.3. The van der Waals surface area contributed by atoms with Crippen molar-refractivity contribution in [3.63, 3.8) is 0 Å². The van der Waals surface area contributed by atoms with Gasteiger partial charge in [-0.25, -0.2) is 0 Å². The number of carbonyl (C=O) groups excluding carboxylic acids is 1. The molecular weight excluding hydrogens is 422 g/mol. The van der Waals surface area contributed by atoms with Gasteiger partial charge in [-0.2, -0.15) is 5.10 Å². The van der Waals surface area contributed by atoms with Crippen LogP contribution in [0, 0.1) is 6.92 Å². The molecule has 6 heteroatoms. The van der Waals surface area contributed by atoms with Crippen LogP contribution in [-0.4, -0.2) is 32.7 Å². The SMILES string of the molecule is Cc1ccc(-c2n[nH]c3c2[C@@H](c2cccc(Cl)c2)N(CCc2ccccc2)C3=O)c(O)c1. The molecule has 5 rings (SSSR count). The van der Waals surface area contributed by atoms with E-state index in [9.17, 15) is 9.90 Å². The number of benzene rings is 3. The second-order valence-electron chi connectivity index (χ2n) is 8.07.